The number of amidine groups is 1. The number of benzene rings is 6. The van der Waals surface area contributed by atoms with E-state index in [-0.39, 0.29) is 0 Å². The van der Waals surface area contributed by atoms with Crippen LogP contribution in [0.5, 0.6) is 0 Å². The van der Waals surface area contributed by atoms with Crippen molar-refractivity contribution in [3.63, 3.8) is 0 Å². The zero-order chi connectivity index (χ0) is 29.5. The number of rotatable bonds is 2. The number of nitrogens with zero attached hydrogens (tertiary/aromatic N) is 3. The van der Waals surface area contributed by atoms with Gasteiger partial charge < -0.3 is 14.2 Å². The molecular weight excluding hydrogens is 556 g/mol. The van der Waals surface area contributed by atoms with Crippen molar-refractivity contribution in [2.24, 2.45) is 9.98 Å². The highest BCUT2D eigenvalue weighted by Crippen LogP contribution is 2.38. The SMILES string of the molecule is c1ccc2c(c1)oc1c(C3=NC(c4cccc5c4oc4ccccc45)N=C(n4c5ccccc5c5ccccc54)N3)cccc12. The summed E-state index contributed by atoms with van der Waals surface area (Å²) in [6.07, 6.45) is -0.569. The molecule has 0 spiro atoms. The monoisotopic (exact) mass is 580 g/mol. The van der Waals surface area contributed by atoms with Crippen molar-refractivity contribution in [1.82, 2.24) is 9.88 Å². The van der Waals surface area contributed by atoms with E-state index in [1.165, 1.54) is 0 Å². The van der Waals surface area contributed by atoms with Crippen LogP contribution in [0.15, 0.2) is 152 Å². The molecule has 0 saturated heterocycles. The van der Waals surface area contributed by atoms with Gasteiger partial charge in [0.2, 0.25) is 5.96 Å². The van der Waals surface area contributed by atoms with Crippen LogP contribution in [0, 0.1) is 0 Å². The quantitative estimate of drug-likeness (QED) is 0.221. The Bertz CT molecular complexity index is 2650. The summed E-state index contributed by atoms with van der Waals surface area (Å²) in [6.45, 7) is 0. The van der Waals surface area contributed by atoms with Crippen LogP contribution in [-0.4, -0.2) is 16.4 Å². The van der Waals surface area contributed by atoms with Crippen LogP contribution in [0.25, 0.3) is 65.7 Å². The standard InChI is InChI=1S/C39H24N4O2/c1-5-19-31-23(11-1)24-12-2-6-20-32(24)43(31)39-41-37(29-17-9-15-27-25-13-3-7-21-33(25)44-35(27)29)40-38(42-39)30-18-10-16-28-26-14-4-8-22-34(26)45-36(28)30/h1-22,37H,(H,40,41,42). The molecule has 0 fully saturated rings. The summed E-state index contributed by atoms with van der Waals surface area (Å²) in [5.74, 6) is 1.37. The minimum atomic E-state index is -0.569. The minimum Gasteiger partial charge on any atom is -0.456 e. The fourth-order valence-corrected chi connectivity index (χ4v) is 6.88. The Labute approximate surface area is 256 Å². The molecule has 0 bridgehead atoms. The molecule has 3 aromatic heterocycles. The first kappa shape index (κ1) is 24.3. The molecule has 1 unspecified atom stereocenters. The number of fused-ring (bicyclic) bond motifs is 9. The van der Waals surface area contributed by atoms with E-state index < -0.39 is 6.17 Å². The van der Waals surface area contributed by atoms with Crippen molar-refractivity contribution in [2.45, 2.75) is 6.17 Å². The molecule has 6 heteroatoms. The lowest BCUT2D eigenvalue weighted by Gasteiger charge is -2.23. The lowest BCUT2D eigenvalue weighted by Crippen LogP contribution is -2.39. The molecule has 4 heterocycles. The second-order valence-corrected chi connectivity index (χ2v) is 11.4. The Morgan fingerprint density at radius 1 is 0.489 bits per heavy atom. The molecule has 10 rings (SSSR count). The predicted octanol–water partition coefficient (Wildman–Crippen LogP) is 9.55. The van der Waals surface area contributed by atoms with Crippen LogP contribution >= 0.6 is 0 Å². The summed E-state index contributed by atoms with van der Waals surface area (Å²) in [4.78, 5) is 10.6. The predicted molar refractivity (Wildman–Crippen MR) is 182 cm³/mol. The Balaban J connectivity index is 1.25. The van der Waals surface area contributed by atoms with Crippen molar-refractivity contribution in [2.75, 3.05) is 0 Å². The molecule has 6 nitrogen and oxygen atoms in total. The molecule has 1 aliphatic rings. The van der Waals surface area contributed by atoms with Gasteiger partial charge in [-0.2, -0.15) is 0 Å². The van der Waals surface area contributed by atoms with E-state index in [9.17, 15) is 0 Å². The zero-order valence-electron chi connectivity index (χ0n) is 23.9. The molecule has 6 aromatic carbocycles. The van der Waals surface area contributed by atoms with E-state index in [1.54, 1.807) is 0 Å². The topological polar surface area (TPSA) is 68.0 Å². The Kier molecular flexibility index (Phi) is 4.96. The molecule has 0 saturated carbocycles. The van der Waals surface area contributed by atoms with Crippen molar-refractivity contribution in [1.29, 1.82) is 0 Å². The van der Waals surface area contributed by atoms with E-state index >= 15 is 0 Å². The van der Waals surface area contributed by atoms with Crippen LogP contribution in [0.4, 0.5) is 0 Å². The maximum absolute atomic E-state index is 6.47. The highest BCUT2D eigenvalue weighted by molar-refractivity contribution is 6.22. The van der Waals surface area contributed by atoms with Gasteiger partial charge in [-0.25, -0.2) is 9.98 Å². The van der Waals surface area contributed by atoms with Gasteiger partial charge in [-0.05, 0) is 30.3 Å². The summed E-state index contributed by atoms with van der Waals surface area (Å²) < 4.78 is 15.1. The maximum atomic E-state index is 6.47. The smallest absolute Gasteiger partial charge is 0.211 e. The number of para-hydroxylation sites is 6. The number of aliphatic imine (C=N–C) groups is 2. The van der Waals surface area contributed by atoms with E-state index in [4.69, 9.17) is 18.8 Å². The fourth-order valence-electron chi connectivity index (χ4n) is 6.88. The van der Waals surface area contributed by atoms with Gasteiger partial charge in [0.1, 0.15) is 28.2 Å². The lowest BCUT2D eigenvalue weighted by molar-refractivity contribution is 0.647. The third kappa shape index (κ3) is 3.50. The molecule has 1 atom stereocenters. The van der Waals surface area contributed by atoms with Gasteiger partial charge >= 0.3 is 0 Å². The summed E-state index contributed by atoms with van der Waals surface area (Å²) >= 11 is 0. The number of nitrogens with one attached hydrogen (secondary N) is 1. The highest BCUT2D eigenvalue weighted by Gasteiger charge is 2.27. The number of hydrogen-bond donors (Lipinski definition) is 1. The van der Waals surface area contributed by atoms with E-state index in [0.29, 0.717) is 11.8 Å². The van der Waals surface area contributed by atoms with Gasteiger partial charge in [0.25, 0.3) is 0 Å². The van der Waals surface area contributed by atoms with Gasteiger partial charge in [0.15, 0.2) is 6.17 Å². The molecule has 9 aromatic rings. The van der Waals surface area contributed by atoms with Crippen molar-refractivity contribution >= 4 is 77.5 Å². The molecule has 212 valence electrons. The normalized spacial score (nSPS) is 15.3. The first-order valence-electron chi connectivity index (χ1n) is 15.0. The molecule has 1 aliphatic heterocycles. The van der Waals surface area contributed by atoms with Crippen LogP contribution in [0.2, 0.25) is 0 Å². The second-order valence-electron chi connectivity index (χ2n) is 11.4. The average Bonchev–Trinajstić information content (AvgIpc) is 3.77. The first-order valence-corrected chi connectivity index (χ1v) is 15.0. The number of aromatic nitrogens is 1. The van der Waals surface area contributed by atoms with E-state index in [2.05, 4.69) is 107 Å². The molecule has 45 heavy (non-hydrogen) atoms. The largest absolute Gasteiger partial charge is 0.456 e. The second kappa shape index (κ2) is 9.18. The summed E-state index contributed by atoms with van der Waals surface area (Å²) in [6, 6.07) is 45.6. The van der Waals surface area contributed by atoms with Crippen molar-refractivity contribution in [3.05, 3.63) is 145 Å². The van der Waals surface area contributed by atoms with Crippen LogP contribution in [0.3, 0.4) is 0 Å². The van der Waals surface area contributed by atoms with Crippen LogP contribution in [-0.2, 0) is 0 Å². The summed E-state index contributed by atoms with van der Waals surface area (Å²) in [5.41, 5.74) is 7.17. The first-order chi connectivity index (χ1) is 22.3. The van der Waals surface area contributed by atoms with Gasteiger partial charge in [-0.3, -0.25) is 4.57 Å². The molecule has 0 amide bonds. The van der Waals surface area contributed by atoms with Gasteiger partial charge in [-0.1, -0.05) is 103 Å². The Morgan fingerprint density at radius 2 is 1.02 bits per heavy atom. The van der Waals surface area contributed by atoms with E-state index in [1.807, 2.05) is 36.4 Å². The summed E-state index contributed by atoms with van der Waals surface area (Å²) in [7, 11) is 0. The highest BCUT2D eigenvalue weighted by atomic mass is 16.3. The maximum Gasteiger partial charge on any atom is 0.211 e. The Morgan fingerprint density at radius 3 is 1.71 bits per heavy atom. The van der Waals surface area contributed by atoms with Gasteiger partial charge in [0, 0.05) is 37.9 Å². The average molecular weight is 581 g/mol. The van der Waals surface area contributed by atoms with Gasteiger partial charge in [0.05, 0.1) is 16.6 Å². The number of hydrogen-bond acceptors (Lipinski definition) is 5. The Hall–Kier alpha value is -6.14. The van der Waals surface area contributed by atoms with E-state index in [0.717, 1.165) is 76.8 Å². The summed E-state index contributed by atoms with van der Waals surface area (Å²) in [5, 5.41) is 10.2. The van der Waals surface area contributed by atoms with Crippen LogP contribution < -0.4 is 5.32 Å². The zero-order valence-corrected chi connectivity index (χ0v) is 23.9. The van der Waals surface area contributed by atoms with Crippen LogP contribution in [0.1, 0.15) is 17.3 Å². The third-order valence-electron chi connectivity index (χ3n) is 8.89. The lowest BCUT2D eigenvalue weighted by atomic mass is 10.1. The minimum absolute atomic E-state index is 0.569. The van der Waals surface area contributed by atoms with Crippen molar-refractivity contribution in [3.8, 4) is 0 Å². The number of furan rings is 2. The molecule has 0 radical (unpaired) electrons. The molecule has 1 N–H and O–H groups in total. The van der Waals surface area contributed by atoms with Crippen molar-refractivity contribution < 1.29 is 8.83 Å². The molecular formula is C39H24N4O2. The third-order valence-corrected chi connectivity index (χ3v) is 8.89. The molecule has 0 aliphatic carbocycles. The van der Waals surface area contributed by atoms with Gasteiger partial charge in [-0.15, -0.1) is 0 Å². The fraction of sp³-hybridized carbons (Fsp3) is 0.0256.